The number of hydrogen-bond donors (Lipinski definition) is 3. The molecule has 1 amide bonds. The number of unbranched alkanes of at least 4 members (excludes halogenated alkanes) is 5. The summed E-state index contributed by atoms with van der Waals surface area (Å²) >= 11 is 6.21. The van der Waals surface area contributed by atoms with Gasteiger partial charge in [-0.15, -0.1) is 11.6 Å². The molecule has 1 aliphatic heterocycles. The third-order valence-electron chi connectivity index (χ3n) is 5.72. The number of halogens is 1. The van der Waals surface area contributed by atoms with Gasteiger partial charge in [0.1, 0.15) is 5.60 Å². The maximum Gasteiger partial charge on any atom is 0.244 e. The van der Waals surface area contributed by atoms with Gasteiger partial charge in [-0.25, -0.2) is 0 Å². The number of hydrogen-bond acceptors (Lipinski definition) is 5. The quantitative estimate of drug-likeness (QED) is 0.228. The molecule has 2 aliphatic rings. The van der Waals surface area contributed by atoms with E-state index in [-0.39, 0.29) is 6.42 Å². The van der Waals surface area contributed by atoms with Gasteiger partial charge in [-0.3, -0.25) is 9.59 Å². The number of amides is 1. The summed E-state index contributed by atoms with van der Waals surface area (Å²) in [5.74, 6) is -0.952. The number of fused-ring (bicyclic) bond motifs is 1. The van der Waals surface area contributed by atoms with Gasteiger partial charge in [-0.05, 0) is 51.7 Å². The summed E-state index contributed by atoms with van der Waals surface area (Å²) < 4.78 is 5.53. The Morgan fingerprint density at radius 3 is 2.62 bits per heavy atom. The minimum absolute atomic E-state index is 0.178. The Labute approximate surface area is 177 Å². The van der Waals surface area contributed by atoms with Crippen LogP contribution < -0.4 is 5.32 Å². The highest BCUT2D eigenvalue weighted by Crippen LogP contribution is 2.45. The summed E-state index contributed by atoms with van der Waals surface area (Å²) in [5.41, 5.74) is -3.38. The average Bonchev–Trinajstić information content (AvgIpc) is 2.67. The molecule has 7 heteroatoms. The topological polar surface area (TPSA) is 95.9 Å². The van der Waals surface area contributed by atoms with E-state index in [1.807, 2.05) is 6.92 Å². The fourth-order valence-corrected chi connectivity index (χ4v) is 4.08. The summed E-state index contributed by atoms with van der Waals surface area (Å²) in [6.45, 7) is 3.51. The van der Waals surface area contributed by atoms with E-state index in [1.165, 1.54) is 31.6 Å². The minimum atomic E-state index is -1.91. The number of ether oxygens (including phenoxy) is 1. The molecule has 6 nitrogen and oxygen atoms in total. The molecular formula is C22H32ClNO5. The fourth-order valence-electron chi connectivity index (χ4n) is 3.77. The van der Waals surface area contributed by atoms with Crippen LogP contribution in [0.25, 0.3) is 0 Å². The second kappa shape index (κ2) is 10.5. The molecule has 0 bridgehead atoms. The van der Waals surface area contributed by atoms with Crippen LogP contribution in [0.15, 0.2) is 36.5 Å². The first kappa shape index (κ1) is 23.8. The highest BCUT2D eigenvalue weighted by molar-refractivity contribution is 6.24. The van der Waals surface area contributed by atoms with Gasteiger partial charge in [0.2, 0.25) is 5.91 Å². The first-order chi connectivity index (χ1) is 13.7. The van der Waals surface area contributed by atoms with Crippen molar-refractivity contribution in [2.24, 2.45) is 0 Å². The molecule has 0 aromatic rings. The lowest BCUT2D eigenvalue weighted by Gasteiger charge is -2.53. The number of alkyl halides is 1. The number of aliphatic hydroxyl groups is 2. The van der Waals surface area contributed by atoms with Crippen molar-refractivity contribution in [3.8, 4) is 0 Å². The second-order valence-electron chi connectivity index (χ2n) is 7.88. The van der Waals surface area contributed by atoms with Crippen LogP contribution in [0.5, 0.6) is 0 Å². The van der Waals surface area contributed by atoms with Crippen LogP contribution in [0, 0.1) is 0 Å². The molecule has 5 unspecified atom stereocenters. The predicted octanol–water partition coefficient (Wildman–Crippen LogP) is 2.92. The van der Waals surface area contributed by atoms with Gasteiger partial charge in [0, 0.05) is 6.42 Å². The highest BCUT2D eigenvalue weighted by atomic mass is 35.5. The van der Waals surface area contributed by atoms with Crippen LogP contribution in [0.4, 0.5) is 0 Å². The summed E-state index contributed by atoms with van der Waals surface area (Å²) in [4.78, 5) is 24.5. The van der Waals surface area contributed by atoms with Crippen LogP contribution in [0.1, 0.15) is 58.8 Å². The molecule has 1 fully saturated rings. The van der Waals surface area contributed by atoms with Crippen molar-refractivity contribution in [1.82, 2.24) is 5.32 Å². The Hall–Kier alpha value is -1.47. The van der Waals surface area contributed by atoms with Gasteiger partial charge in [0.15, 0.2) is 17.7 Å². The number of nitrogens with one attached hydrogen (secondary N) is 1. The van der Waals surface area contributed by atoms with Crippen LogP contribution in [-0.2, 0) is 14.3 Å². The Morgan fingerprint density at radius 2 is 1.97 bits per heavy atom. The van der Waals surface area contributed by atoms with E-state index in [4.69, 9.17) is 16.3 Å². The number of allylic oxidation sites excluding steroid dienone is 3. The van der Waals surface area contributed by atoms with Crippen molar-refractivity contribution in [2.75, 3.05) is 0 Å². The molecule has 0 radical (unpaired) electrons. The number of aliphatic hydroxyl groups excluding tert-OH is 1. The van der Waals surface area contributed by atoms with Gasteiger partial charge in [0.05, 0.1) is 11.4 Å². The monoisotopic (exact) mass is 425 g/mol. The number of carbonyl (C=O) groups excluding carboxylic acids is 2. The maximum absolute atomic E-state index is 12.3. The normalized spacial score (nSPS) is 34.7. The van der Waals surface area contributed by atoms with E-state index in [9.17, 15) is 19.8 Å². The van der Waals surface area contributed by atoms with Crippen molar-refractivity contribution < 1.29 is 24.5 Å². The molecule has 0 aromatic carbocycles. The van der Waals surface area contributed by atoms with Crippen molar-refractivity contribution in [1.29, 1.82) is 0 Å². The largest absolute Gasteiger partial charge is 0.378 e. The number of carbonyl (C=O) groups is 2. The number of rotatable bonds is 9. The molecule has 162 valence electrons. The third kappa shape index (κ3) is 5.57. The van der Waals surface area contributed by atoms with E-state index in [1.54, 1.807) is 6.08 Å². The summed E-state index contributed by atoms with van der Waals surface area (Å²) in [5, 5.41) is 23.1. The van der Waals surface area contributed by atoms with Gasteiger partial charge in [0.25, 0.3) is 0 Å². The second-order valence-corrected chi connectivity index (χ2v) is 8.35. The Balaban J connectivity index is 1.82. The number of ketones is 1. The lowest BCUT2D eigenvalue weighted by Crippen LogP contribution is -2.72. The molecule has 3 N–H and O–H groups in total. The van der Waals surface area contributed by atoms with Crippen LogP contribution >= 0.6 is 11.6 Å². The van der Waals surface area contributed by atoms with Gasteiger partial charge >= 0.3 is 0 Å². The van der Waals surface area contributed by atoms with Crippen molar-refractivity contribution in [2.45, 2.75) is 87.7 Å². The SMILES string of the molecule is CC=CCCCCCCC=CC(=O)NC1CC2(O)C(=O)C=CC(Cl)C2(C)OC1O. The van der Waals surface area contributed by atoms with Gasteiger partial charge < -0.3 is 20.3 Å². The summed E-state index contributed by atoms with van der Waals surface area (Å²) in [6, 6.07) is -0.920. The lowest BCUT2D eigenvalue weighted by molar-refractivity contribution is -0.281. The fraction of sp³-hybridized carbons (Fsp3) is 0.636. The van der Waals surface area contributed by atoms with Crippen LogP contribution in [-0.4, -0.2) is 50.8 Å². The Kier molecular flexibility index (Phi) is 8.64. The molecular weight excluding hydrogens is 394 g/mol. The van der Waals surface area contributed by atoms with Gasteiger partial charge in [-0.2, -0.15) is 0 Å². The van der Waals surface area contributed by atoms with E-state index in [0.29, 0.717) is 0 Å². The molecule has 0 aromatic heterocycles. The third-order valence-corrected chi connectivity index (χ3v) is 6.28. The van der Waals surface area contributed by atoms with E-state index >= 15 is 0 Å². The molecule has 5 atom stereocenters. The molecule has 29 heavy (non-hydrogen) atoms. The summed E-state index contributed by atoms with van der Waals surface area (Å²) in [7, 11) is 0. The van der Waals surface area contributed by atoms with Crippen molar-refractivity contribution in [3.63, 3.8) is 0 Å². The van der Waals surface area contributed by atoms with Gasteiger partial charge in [-0.1, -0.05) is 37.1 Å². The highest BCUT2D eigenvalue weighted by Gasteiger charge is 2.63. The molecule has 1 aliphatic carbocycles. The Morgan fingerprint density at radius 1 is 1.31 bits per heavy atom. The molecule has 1 saturated heterocycles. The Bertz CT molecular complexity index is 676. The molecule has 0 saturated carbocycles. The van der Waals surface area contributed by atoms with E-state index < -0.39 is 40.6 Å². The predicted molar refractivity (Wildman–Crippen MR) is 112 cm³/mol. The smallest absolute Gasteiger partial charge is 0.244 e. The minimum Gasteiger partial charge on any atom is -0.378 e. The van der Waals surface area contributed by atoms with Crippen molar-refractivity contribution in [3.05, 3.63) is 36.5 Å². The average molecular weight is 426 g/mol. The zero-order valence-electron chi connectivity index (χ0n) is 17.1. The first-order valence-electron chi connectivity index (χ1n) is 10.3. The zero-order chi connectivity index (χ0) is 21.5. The van der Waals surface area contributed by atoms with Crippen LogP contribution in [0.2, 0.25) is 0 Å². The van der Waals surface area contributed by atoms with E-state index in [2.05, 4.69) is 17.5 Å². The standard InChI is InChI=1S/C22H32ClNO5/c1-3-4-5-6-7-8-9-10-11-12-19(26)24-16-15-22(28)18(25)14-13-17(23)21(22,2)29-20(16)27/h3-4,11-14,16-17,20,27-28H,5-10,15H2,1-2H3,(H,24,26). The summed E-state index contributed by atoms with van der Waals surface area (Å²) in [6.07, 6.45) is 14.9. The molecule has 0 spiro atoms. The maximum atomic E-state index is 12.3. The molecule has 2 rings (SSSR count). The van der Waals surface area contributed by atoms with Crippen molar-refractivity contribution >= 4 is 23.3 Å². The zero-order valence-corrected chi connectivity index (χ0v) is 17.9. The molecule has 1 heterocycles. The lowest BCUT2D eigenvalue weighted by atomic mass is 9.69. The first-order valence-corrected chi connectivity index (χ1v) is 10.7. The van der Waals surface area contributed by atoms with Crippen LogP contribution in [0.3, 0.4) is 0 Å². The van der Waals surface area contributed by atoms with E-state index in [0.717, 1.165) is 32.1 Å².